The highest BCUT2D eigenvalue weighted by Crippen LogP contribution is 2.17. The highest BCUT2D eigenvalue weighted by Gasteiger charge is 2.00. The van der Waals surface area contributed by atoms with Gasteiger partial charge in [0.1, 0.15) is 0 Å². The van der Waals surface area contributed by atoms with E-state index in [1.807, 2.05) is 43.4 Å². The van der Waals surface area contributed by atoms with E-state index in [-0.39, 0.29) is 5.91 Å². The van der Waals surface area contributed by atoms with Gasteiger partial charge in [-0.25, -0.2) is 0 Å². The van der Waals surface area contributed by atoms with Crippen LogP contribution in [-0.4, -0.2) is 36.7 Å². The summed E-state index contributed by atoms with van der Waals surface area (Å²) in [6, 6.07) is 20.4. The Morgan fingerprint density at radius 3 is 2.44 bits per heavy atom. The molecule has 1 N–H and O–H groups in total. The molecule has 0 heterocycles. The average Bonchev–Trinajstić information content (AvgIpc) is 2.63. The van der Waals surface area contributed by atoms with Gasteiger partial charge < -0.3 is 5.32 Å². The number of thioether (sulfide) groups is 1. The van der Waals surface area contributed by atoms with Gasteiger partial charge in [0.25, 0.3) is 0 Å². The van der Waals surface area contributed by atoms with E-state index in [2.05, 4.69) is 46.3 Å². The van der Waals surface area contributed by atoms with Gasteiger partial charge in [-0.2, -0.15) is 0 Å². The van der Waals surface area contributed by atoms with E-state index in [4.69, 9.17) is 0 Å². The number of nitrogens with zero attached hydrogens (tertiary/aromatic N) is 1. The van der Waals surface area contributed by atoms with Crippen LogP contribution in [-0.2, 0) is 11.3 Å². The number of rotatable bonds is 8. The molecule has 0 fully saturated rings. The monoisotopic (exact) mass is 352 g/mol. The molecule has 25 heavy (non-hydrogen) atoms. The number of hydrogen-bond donors (Lipinski definition) is 1. The first-order valence-corrected chi connectivity index (χ1v) is 9.35. The summed E-state index contributed by atoms with van der Waals surface area (Å²) in [6.07, 6.45) is 0.509. The van der Waals surface area contributed by atoms with Crippen molar-refractivity contribution < 1.29 is 4.79 Å². The molecule has 0 bridgehead atoms. The van der Waals surface area contributed by atoms with Crippen molar-refractivity contribution >= 4 is 17.7 Å². The van der Waals surface area contributed by atoms with Crippen molar-refractivity contribution in [3.05, 3.63) is 66.2 Å². The van der Waals surface area contributed by atoms with E-state index in [0.717, 1.165) is 12.3 Å². The number of carbonyl (C=O) groups is 1. The summed E-state index contributed by atoms with van der Waals surface area (Å²) >= 11 is 1.69. The summed E-state index contributed by atoms with van der Waals surface area (Å²) in [7, 11) is 2.04. The van der Waals surface area contributed by atoms with Crippen LogP contribution in [0.4, 0.5) is 0 Å². The minimum absolute atomic E-state index is 0.0513. The predicted molar refractivity (Wildman–Crippen MR) is 105 cm³/mol. The largest absolute Gasteiger partial charge is 0.345 e. The second-order valence-corrected chi connectivity index (χ2v) is 6.87. The lowest BCUT2D eigenvalue weighted by Crippen LogP contribution is -2.24. The second kappa shape index (κ2) is 11.4. The van der Waals surface area contributed by atoms with E-state index in [1.165, 1.54) is 10.5 Å². The Morgan fingerprint density at radius 1 is 1.04 bits per heavy atom. The summed E-state index contributed by atoms with van der Waals surface area (Å²) in [5.74, 6) is 6.94. The Bertz CT molecular complexity index is 692. The predicted octanol–water partition coefficient (Wildman–Crippen LogP) is 3.42. The molecule has 130 valence electrons. The lowest BCUT2D eigenvalue weighted by Gasteiger charge is -2.12. The molecule has 0 radical (unpaired) electrons. The van der Waals surface area contributed by atoms with Gasteiger partial charge in [-0.3, -0.25) is 9.69 Å². The van der Waals surface area contributed by atoms with E-state index in [0.29, 0.717) is 19.5 Å². The van der Waals surface area contributed by atoms with Crippen molar-refractivity contribution in [2.75, 3.05) is 25.9 Å². The lowest BCUT2D eigenvalue weighted by molar-refractivity contribution is -0.120. The van der Waals surface area contributed by atoms with Crippen molar-refractivity contribution in [2.45, 2.75) is 17.9 Å². The third kappa shape index (κ3) is 8.44. The first-order chi connectivity index (χ1) is 12.2. The molecule has 0 aliphatic carbocycles. The second-order valence-electron chi connectivity index (χ2n) is 5.70. The van der Waals surface area contributed by atoms with Gasteiger partial charge in [0.05, 0.1) is 13.1 Å². The topological polar surface area (TPSA) is 32.3 Å². The van der Waals surface area contributed by atoms with Gasteiger partial charge in [-0.15, -0.1) is 11.8 Å². The number of hydrogen-bond acceptors (Lipinski definition) is 3. The summed E-state index contributed by atoms with van der Waals surface area (Å²) in [4.78, 5) is 15.1. The van der Waals surface area contributed by atoms with Crippen molar-refractivity contribution in [3.8, 4) is 11.8 Å². The molecule has 2 rings (SSSR count). The molecule has 4 heteroatoms. The van der Waals surface area contributed by atoms with Gasteiger partial charge in [0.15, 0.2) is 0 Å². The SMILES string of the molecule is CN(CC#CCNC(=O)CCSc1ccccc1)Cc1ccccc1. The molecule has 2 aromatic carbocycles. The van der Waals surface area contributed by atoms with Crippen LogP contribution >= 0.6 is 11.8 Å². The normalized spacial score (nSPS) is 10.2. The molecule has 1 amide bonds. The average molecular weight is 353 g/mol. The van der Waals surface area contributed by atoms with Crippen LogP contribution in [0.5, 0.6) is 0 Å². The van der Waals surface area contributed by atoms with Crippen molar-refractivity contribution in [1.29, 1.82) is 0 Å². The van der Waals surface area contributed by atoms with E-state index in [9.17, 15) is 4.79 Å². The molecular formula is C21H24N2OS. The lowest BCUT2D eigenvalue weighted by atomic mass is 10.2. The molecule has 0 aromatic heterocycles. The fourth-order valence-electron chi connectivity index (χ4n) is 2.21. The van der Waals surface area contributed by atoms with Crippen LogP contribution < -0.4 is 5.32 Å². The number of amides is 1. The maximum Gasteiger partial charge on any atom is 0.221 e. The Labute approximate surface area is 154 Å². The zero-order valence-electron chi connectivity index (χ0n) is 14.6. The number of nitrogens with one attached hydrogen (secondary N) is 1. The molecule has 0 aliphatic rings. The molecule has 2 aromatic rings. The highest BCUT2D eigenvalue weighted by molar-refractivity contribution is 7.99. The van der Waals surface area contributed by atoms with Crippen molar-refractivity contribution in [3.63, 3.8) is 0 Å². The van der Waals surface area contributed by atoms with Gasteiger partial charge in [0.2, 0.25) is 5.91 Å². The fourth-order valence-corrected chi connectivity index (χ4v) is 3.09. The molecule has 0 saturated heterocycles. The van der Waals surface area contributed by atoms with Gasteiger partial charge >= 0.3 is 0 Å². The van der Waals surface area contributed by atoms with Gasteiger partial charge in [0, 0.05) is 23.6 Å². The number of benzene rings is 2. The maximum absolute atomic E-state index is 11.8. The zero-order valence-corrected chi connectivity index (χ0v) is 15.4. The first-order valence-electron chi connectivity index (χ1n) is 8.37. The Balaban J connectivity index is 1.56. The third-order valence-corrected chi connectivity index (χ3v) is 4.50. The van der Waals surface area contributed by atoms with E-state index in [1.54, 1.807) is 11.8 Å². The first kappa shape index (κ1) is 19.1. The molecule has 0 aliphatic heterocycles. The molecular weight excluding hydrogens is 328 g/mol. The summed E-state index contributed by atoms with van der Waals surface area (Å²) in [6.45, 7) is 1.97. The van der Waals surface area contributed by atoms with Crippen LogP contribution in [0.1, 0.15) is 12.0 Å². The summed E-state index contributed by atoms with van der Waals surface area (Å²) < 4.78 is 0. The van der Waals surface area contributed by atoms with Crippen LogP contribution in [0.3, 0.4) is 0 Å². The maximum atomic E-state index is 11.8. The van der Waals surface area contributed by atoms with Crippen LogP contribution in [0.2, 0.25) is 0 Å². The summed E-state index contributed by atoms with van der Waals surface area (Å²) in [5.41, 5.74) is 1.27. The summed E-state index contributed by atoms with van der Waals surface area (Å²) in [5, 5.41) is 2.85. The van der Waals surface area contributed by atoms with Gasteiger partial charge in [-0.1, -0.05) is 60.4 Å². The minimum Gasteiger partial charge on any atom is -0.345 e. The van der Waals surface area contributed by atoms with E-state index >= 15 is 0 Å². The fraction of sp³-hybridized carbons (Fsp3) is 0.286. The Hall–Kier alpha value is -2.22. The molecule has 0 saturated carbocycles. The Morgan fingerprint density at radius 2 is 1.72 bits per heavy atom. The van der Waals surface area contributed by atoms with E-state index < -0.39 is 0 Å². The van der Waals surface area contributed by atoms with Gasteiger partial charge in [-0.05, 0) is 24.7 Å². The van der Waals surface area contributed by atoms with Crippen LogP contribution in [0, 0.1) is 11.8 Å². The van der Waals surface area contributed by atoms with Crippen LogP contribution in [0.15, 0.2) is 65.6 Å². The molecule has 0 unspecified atom stereocenters. The van der Waals surface area contributed by atoms with Crippen molar-refractivity contribution in [2.24, 2.45) is 0 Å². The third-order valence-electron chi connectivity index (χ3n) is 3.48. The molecule has 3 nitrogen and oxygen atoms in total. The van der Waals surface area contributed by atoms with Crippen LogP contribution in [0.25, 0.3) is 0 Å². The smallest absolute Gasteiger partial charge is 0.221 e. The molecule has 0 atom stereocenters. The standard InChI is InChI=1S/C21H24N2OS/c1-23(18-19-10-4-2-5-11-19)16-9-8-15-22-21(24)14-17-25-20-12-6-3-7-13-20/h2-7,10-13H,14-18H2,1H3,(H,22,24). The van der Waals surface area contributed by atoms with Crippen molar-refractivity contribution in [1.82, 2.24) is 10.2 Å². The highest BCUT2D eigenvalue weighted by atomic mass is 32.2. The minimum atomic E-state index is 0.0513. The Kier molecular flexibility index (Phi) is 8.68. The quantitative estimate of drug-likeness (QED) is 0.584. The zero-order chi connectivity index (χ0) is 17.7. The number of carbonyl (C=O) groups excluding carboxylic acids is 1. The molecule has 0 spiro atoms.